The van der Waals surface area contributed by atoms with Crippen LogP contribution in [0.4, 0.5) is 32.4 Å². The zero-order chi connectivity index (χ0) is 20.2. The molecule has 1 aromatic carbocycles. The molecule has 148 valence electrons. The van der Waals surface area contributed by atoms with E-state index in [2.05, 4.69) is 10.4 Å². The number of hydrogen-bond donors (Lipinski definition) is 1. The van der Waals surface area contributed by atoms with E-state index in [0.717, 1.165) is 17.8 Å². The Kier molecular flexibility index (Phi) is 6.40. The van der Waals surface area contributed by atoms with Crippen molar-refractivity contribution in [3.05, 3.63) is 41.7 Å². The molecule has 10 heteroatoms. The number of carbonyl (C=O) groups is 1. The number of nitrogens with one attached hydrogen (secondary N) is 1. The first kappa shape index (κ1) is 20.7. The number of halogens is 5. The zero-order valence-electron chi connectivity index (χ0n) is 14.6. The number of alkyl halides is 5. The van der Waals surface area contributed by atoms with E-state index in [1.54, 1.807) is 18.2 Å². The number of ether oxygens (including phenoxy) is 1. The average molecular weight is 391 g/mol. The van der Waals surface area contributed by atoms with E-state index in [1.807, 2.05) is 0 Å². The number of rotatable bonds is 6. The van der Waals surface area contributed by atoms with E-state index in [9.17, 15) is 26.7 Å². The van der Waals surface area contributed by atoms with Crippen molar-refractivity contribution < 1.29 is 31.5 Å². The van der Waals surface area contributed by atoms with Crippen molar-refractivity contribution in [3.63, 3.8) is 0 Å². The van der Waals surface area contributed by atoms with Gasteiger partial charge in [-0.05, 0) is 24.5 Å². The van der Waals surface area contributed by atoms with Gasteiger partial charge in [0.1, 0.15) is 0 Å². The van der Waals surface area contributed by atoms with Gasteiger partial charge >= 0.3 is 12.3 Å². The summed E-state index contributed by atoms with van der Waals surface area (Å²) in [6.45, 7) is 1.08. The van der Waals surface area contributed by atoms with Crippen molar-refractivity contribution in [2.45, 2.75) is 32.4 Å². The lowest BCUT2D eigenvalue weighted by atomic mass is 9.99. The summed E-state index contributed by atoms with van der Waals surface area (Å²) in [5.41, 5.74) is 0.0464. The fourth-order valence-corrected chi connectivity index (χ4v) is 2.34. The first-order chi connectivity index (χ1) is 12.6. The van der Waals surface area contributed by atoms with Gasteiger partial charge in [0.15, 0.2) is 11.4 Å². The molecule has 0 aliphatic rings. The molecule has 0 bridgehead atoms. The van der Waals surface area contributed by atoms with Gasteiger partial charge in [0.25, 0.3) is 6.43 Å². The number of nitrogens with zero attached hydrogens (tertiary/aromatic N) is 2. The molecule has 0 spiro atoms. The third kappa shape index (κ3) is 5.66. The highest BCUT2D eigenvalue weighted by molar-refractivity contribution is 5.87. The zero-order valence-corrected chi connectivity index (χ0v) is 14.6. The summed E-state index contributed by atoms with van der Waals surface area (Å²) in [5, 5.41) is 5.89. The molecule has 2 aromatic rings. The second-order valence-corrected chi connectivity index (χ2v) is 6.01. The quantitative estimate of drug-likeness (QED) is 0.697. The number of amides is 1. The van der Waals surface area contributed by atoms with Crippen LogP contribution in [0.5, 0.6) is 5.75 Å². The van der Waals surface area contributed by atoms with Gasteiger partial charge in [-0.3, -0.25) is 10.00 Å². The molecule has 1 amide bonds. The van der Waals surface area contributed by atoms with Gasteiger partial charge in [-0.1, -0.05) is 25.1 Å². The Morgan fingerprint density at radius 3 is 2.59 bits per heavy atom. The average Bonchev–Trinajstić information content (AvgIpc) is 2.93. The summed E-state index contributed by atoms with van der Waals surface area (Å²) >= 11 is 0. The van der Waals surface area contributed by atoms with Gasteiger partial charge in [0, 0.05) is 12.7 Å². The highest BCUT2D eigenvalue weighted by Crippen LogP contribution is 2.31. The molecule has 5 nitrogen and oxygen atoms in total. The van der Waals surface area contributed by atoms with E-state index in [1.165, 1.54) is 13.1 Å². The molecular weight excluding hydrogens is 373 g/mol. The molecule has 1 aromatic heterocycles. The molecule has 0 aliphatic heterocycles. The van der Waals surface area contributed by atoms with Crippen molar-refractivity contribution in [1.82, 2.24) is 9.78 Å². The van der Waals surface area contributed by atoms with Crippen LogP contribution in [0.3, 0.4) is 0 Å². The Morgan fingerprint density at radius 1 is 1.30 bits per heavy atom. The summed E-state index contributed by atoms with van der Waals surface area (Å²) in [4.78, 5) is 12.0. The Labute approximate surface area is 152 Å². The fourth-order valence-electron chi connectivity index (χ4n) is 2.34. The summed E-state index contributed by atoms with van der Waals surface area (Å²) in [6, 6.07) is 6.28. The second-order valence-electron chi connectivity index (χ2n) is 6.01. The smallest absolute Gasteiger partial charge is 0.406 e. The highest BCUT2D eigenvalue weighted by Gasteiger charge is 2.35. The molecule has 1 heterocycles. The second kappa shape index (κ2) is 8.36. The van der Waals surface area contributed by atoms with Crippen molar-refractivity contribution in [2.75, 3.05) is 5.32 Å². The molecule has 0 aliphatic carbocycles. The number of carbonyl (C=O) groups excluding carboxylic acids is 1. The van der Waals surface area contributed by atoms with Crippen molar-refractivity contribution in [1.29, 1.82) is 0 Å². The van der Waals surface area contributed by atoms with E-state index >= 15 is 0 Å². The topological polar surface area (TPSA) is 56.1 Å². The predicted molar refractivity (Wildman–Crippen MR) is 87.8 cm³/mol. The van der Waals surface area contributed by atoms with Crippen LogP contribution in [-0.2, 0) is 13.5 Å². The van der Waals surface area contributed by atoms with E-state index < -0.39 is 36.1 Å². The molecule has 0 saturated heterocycles. The lowest BCUT2D eigenvalue weighted by Crippen LogP contribution is -2.21. The monoisotopic (exact) mass is 391 g/mol. The van der Waals surface area contributed by atoms with Crippen LogP contribution in [0, 0.1) is 5.92 Å². The maximum Gasteiger partial charge on any atom is 0.417 e. The lowest BCUT2D eigenvalue weighted by Gasteiger charge is -2.16. The third-order valence-corrected chi connectivity index (χ3v) is 3.89. The predicted octanol–water partition coefficient (Wildman–Crippen LogP) is 5.10. The minimum Gasteiger partial charge on any atom is -0.406 e. The Balaban J connectivity index is 2.06. The van der Waals surface area contributed by atoms with Crippen LogP contribution in [0.15, 0.2) is 30.5 Å². The molecule has 2 rings (SSSR count). The van der Waals surface area contributed by atoms with Crippen LogP contribution in [-0.4, -0.2) is 22.1 Å². The van der Waals surface area contributed by atoms with Gasteiger partial charge in [0.2, 0.25) is 0 Å². The molecular formula is C17H18F5N3O2. The van der Waals surface area contributed by atoms with Crippen LogP contribution < -0.4 is 10.1 Å². The number of aryl methyl sites for hydroxylation is 2. The third-order valence-electron chi connectivity index (χ3n) is 3.89. The summed E-state index contributed by atoms with van der Waals surface area (Å²) in [6.07, 6.45) is -7.22. The largest absolute Gasteiger partial charge is 0.417 e. The van der Waals surface area contributed by atoms with Gasteiger partial charge in [0.05, 0.1) is 12.1 Å². The van der Waals surface area contributed by atoms with Crippen molar-refractivity contribution in [2.24, 2.45) is 13.0 Å². The SMILES string of the molecule is CC(CCc1ccccc1NC(=O)Oc1cn(C)nc1C(F)F)C(F)(F)F. The molecule has 0 radical (unpaired) electrons. The summed E-state index contributed by atoms with van der Waals surface area (Å²) in [7, 11) is 1.40. The Hall–Kier alpha value is -2.65. The highest BCUT2D eigenvalue weighted by atomic mass is 19.4. The molecule has 1 atom stereocenters. The molecule has 1 N–H and O–H groups in total. The minimum absolute atomic E-state index is 0.0757. The Morgan fingerprint density at radius 2 is 1.96 bits per heavy atom. The van der Waals surface area contributed by atoms with Crippen molar-refractivity contribution >= 4 is 11.8 Å². The van der Waals surface area contributed by atoms with Crippen LogP contribution in [0.25, 0.3) is 0 Å². The summed E-state index contributed by atoms with van der Waals surface area (Å²) < 4.78 is 69.7. The lowest BCUT2D eigenvalue weighted by molar-refractivity contribution is -0.170. The standard InChI is InChI=1S/C17H18F5N3O2/c1-10(17(20,21)22)7-8-11-5-3-4-6-12(11)23-16(26)27-13-9-25(2)24-14(13)15(18)19/h3-6,9-10,15H,7-8H2,1-2H3,(H,23,26). The van der Waals surface area contributed by atoms with Gasteiger partial charge < -0.3 is 4.74 Å². The van der Waals surface area contributed by atoms with E-state index in [4.69, 9.17) is 4.74 Å². The first-order valence-corrected chi connectivity index (χ1v) is 8.03. The normalized spacial score (nSPS) is 12.9. The summed E-state index contributed by atoms with van der Waals surface area (Å²) in [5.74, 6) is -1.89. The Bertz CT molecular complexity index is 789. The van der Waals surface area contributed by atoms with Gasteiger partial charge in [-0.15, -0.1) is 0 Å². The van der Waals surface area contributed by atoms with Crippen molar-refractivity contribution in [3.8, 4) is 5.75 Å². The van der Waals surface area contributed by atoms with Gasteiger partial charge in [-0.25, -0.2) is 13.6 Å². The fraction of sp³-hybridized carbons (Fsp3) is 0.412. The molecule has 27 heavy (non-hydrogen) atoms. The minimum atomic E-state index is -4.30. The molecule has 1 unspecified atom stereocenters. The number of hydrogen-bond acceptors (Lipinski definition) is 3. The number of aromatic nitrogens is 2. The molecule has 0 fully saturated rings. The number of anilines is 1. The molecule has 0 saturated carbocycles. The van der Waals surface area contributed by atoms with E-state index in [0.29, 0.717) is 5.56 Å². The van der Waals surface area contributed by atoms with Crippen LogP contribution in [0.1, 0.15) is 31.0 Å². The van der Waals surface area contributed by atoms with E-state index in [-0.39, 0.29) is 18.5 Å². The number of benzene rings is 1. The van der Waals surface area contributed by atoms with Crippen LogP contribution in [0.2, 0.25) is 0 Å². The van der Waals surface area contributed by atoms with Gasteiger partial charge in [-0.2, -0.15) is 18.3 Å². The number of para-hydroxylation sites is 1. The maximum absolute atomic E-state index is 12.9. The maximum atomic E-state index is 12.9. The first-order valence-electron chi connectivity index (χ1n) is 8.03. The van der Waals surface area contributed by atoms with Crippen LogP contribution >= 0.6 is 0 Å².